The highest BCUT2D eigenvalue weighted by Crippen LogP contribution is 2.32. The lowest BCUT2D eigenvalue weighted by molar-refractivity contribution is -0.0498. The van der Waals surface area contributed by atoms with Crippen molar-refractivity contribution in [2.45, 2.75) is 20.5 Å². The molecule has 0 aliphatic rings. The number of aryl methyl sites for hydroxylation is 2. The first kappa shape index (κ1) is 22.3. The highest BCUT2D eigenvalue weighted by Gasteiger charge is 2.17. The van der Waals surface area contributed by atoms with E-state index in [9.17, 15) is 14.0 Å². The van der Waals surface area contributed by atoms with E-state index in [2.05, 4.69) is 42.9 Å². The van der Waals surface area contributed by atoms with Crippen LogP contribution in [-0.2, 0) is 0 Å². The van der Waals surface area contributed by atoms with Crippen LogP contribution in [0.15, 0.2) is 72.8 Å². The van der Waals surface area contributed by atoms with Crippen molar-refractivity contribution in [3.8, 4) is 23.1 Å². The minimum Gasteiger partial charge on any atom is -0.435 e. The molecule has 5 aromatic rings. The number of aromatic nitrogens is 2. The van der Waals surface area contributed by atoms with Gasteiger partial charge >= 0.3 is 6.61 Å². The van der Waals surface area contributed by atoms with Crippen molar-refractivity contribution >= 4 is 28.8 Å². The van der Waals surface area contributed by atoms with E-state index in [0.717, 1.165) is 44.5 Å². The maximum Gasteiger partial charge on any atom is 0.387 e. The van der Waals surface area contributed by atoms with Crippen LogP contribution in [0.5, 0.6) is 5.75 Å². The van der Waals surface area contributed by atoms with Crippen molar-refractivity contribution in [3.05, 3.63) is 101 Å². The minimum absolute atomic E-state index is 0.0949. The van der Waals surface area contributed by atoms with Crippen LogP contribution in [0.25, 0.3) is 40.1 Å². The Balaban J connectivity index is 1.70. The normalized spacial score (nSPS) is 11.5. The van der Waals surface area contributed by atoms with Gasteiger partial charge in [0.1, 0.15) is 17.4 Å². The molecule has 0 radical (unpaired) electrons. The lowest BCUT2D eigenvalue weighted by Crippen LogP contribution is -2.01. The third-order valence-corrected chi connectivity index (χ3v) is 5.80. The number of pyridine rings is 1. The number of hydrogen-bond donors (Lipinski definition) is 0. The second kappa shape index (κ2) is 9.03. The highest BCUT2D eigenvalue weighted by molar-refractivity contribution is 5.89. The number of para-hydroxylation sites is 2. The van der Waals surface area contributed by atoms with E-state index in [-0.39, 0.29) is 5.75 Å². The van der Waals surface area contributed by atoms with E-state index in [1.807, 2.05) is 46.9 Å². The number of ether oxygens (including phenoxy) is 1. The van der Waals surface area contributed by atoms with Crippen LogP contribution in [0, 0.1) is 25.2 Å². The Morgan fingerprint density at radius 1 is 0.943 bits per heavy atom. The fraction of sp³-hybridized carbons (Fsp3) is 0.103. The predicted octanol–water partition coefficient (Wildman–Crippen LogP) is 7.41. The van der Waals surface area contributed by atoms with Gasteiger partial charge in [0.15, 0.2) is 5.65 Å². The van der Waals surface area contributed by atoms with Gasteiger partial charge in [0.2, 0.25) is 0 Å². The zero-order valence-corrected chi connectivity index (χ0v) is 19.2. The van der Waals surface area contributed by atoms with E-state index in [1.165, 1.54) is 12.1 Å². The summed E-state index contributed by atoms with van der Waals surface area (Å²) >= 11 is 0. The van der Waals surface area contributed by atoms with Crippen LogP contribution >= 0.6 is 0 Å². The SMILES string of the molecule is Cc1cc(C)cc(-c2cc(C=Cc3ccc(OC(F)F)cc3)c(C#N)c3nc4ccccc4n23)c1. The Kier molecular flexibility index (Phi) is 5.76. The lowest BCUT2D eigenvalue weighted by Gasteiger charge is -2.12. The quantitative estimate of drug-likeness (QED) is 0.271. The lowest BCUT2D eigenvalue weighted by atomic mass is 10.0. The summed E-state index contributed by atoms with van der Waals surface area (Å²) in [6, 6.07) is 24.9. The molecule has 0 spiro atoms. The number of benzene rings is 3. The molecule has 0 aliphatic carbocycles. The average molecular weight is 466 g/mol. The van der Waals surface area contributed by atoms with Crippen LogP contribution in [0.3, 0.4) is 0 Å². The minimum atomic E-state index is -2.87. The summed E-state index contributed by atoms with van der Waals surface area (Å²) in [5.41, 5.74) is 8.55. The third-order valence-electron chi connectivity index (χ3n) is 5.80. The Bertz CT molecular complexity index is 1610. The second-order valence-electron chi connectivity index (χ2n) is 8.39. The van der Waals surface area contributed by atoms with Gasteiger partial charge in [-0.3, -0.25) is 4.40 Å². The van der Waals surface area contributed by atoms with E-state index < -0.39 is 6.61 Å². The van der Waals surface area contributed by atoms with Crippen LogP contribution in [-0.4, -0.2) is 16.0 Å². The molecule has 2 aromatic heterocycles. The van der Waals surface area contributed by atoms with Crippen molar-refractivity contribution in [3.63, 3.8) is 0 Å². The predicted molar refractivity (Wildman–Crippen MR) is 134 cm³/mol. The molecule has 0 N–H and O–H groups in total. The first-order chi connectivity index (χ1) is 16.9. The summed E-state index contributed by atoms with van der Waals surface area (Å²) in [5, 5.41) is 10.1. The molecular weight excluding hydrogens is 444 g/mol. The molecule has 0 unspecified atom stereocenters. The first-order valence-electron chi connectivity index (χ1n) is 11.1. The largest absolute Gasteiger partial charge is 0.435 e. The first-order valence-corrected chi connectivity index (χ1v) is 11.1. The summed E-state index contributed by atoms with van der Waals surface area (Å²) in [5.74, 6) is 0.0949. The standard InChI is InChI=1S/C29H21F2N3O/c1-18-13-19(2)15-22(14-18)27-16-21(10-7-20-8-11-23(12-9-20)35-29(30)31)24(17-32)28-33-25-5-3-4-6-26(25)34(27)28/h3-16,29H,1-2H3. The van der Waals surface area contributed by atoms with Gasteiger partial charge in [-0.15, -0.1) is 0 Å². The van der Waals surface area contributed by atoms with Crippen molar-refractivity contribution in [1.29, 1.82) is 5.26 Å². The molecule has 3 aromatic carbocycles. The highest BCUT2D eigenvalue weighted by atomic mass is 19.3. The molecule has 2 heterocycles. The zero-order chi connectivity index (χ0) is 24.5. The van der Waals surface area contributed by atoms with Gasteiger partial charge in [-0.1, -0.05) is 53.6 Å². The monoisotopic (exact) mass is 465 g/mol. The summed E-state index contributed by atoms with van der Waals surface area (Å²) < 4.78 is 31.3. The summed E-state index contributed by atoms with van der Waals surface area (Å²) in [6.07, 6.45) is 3.69. The number of fused-ring (bicyclic) bond motifs is 3. The van der Waals surface area contributed by atoms with E-state index >= 15 is 0 Å². The molecule has 0 amide bonds. The van der Waals surface area contributed by atoms with E-state index in [0.29, 0.717) is 11.2 Å². The number of imidazole rings is 1. The van der Waals surface area contributed by atoms with Gasteiger partial charge in [0.05, 0.1) is 16.7 Å². The number of hydrogen-bond acceptors (Lipinski definition) is 3. The van der Waals surface area contributed by atoms with Gasteiger partial charge in [-0.05, 0) is 73.0 Å². The van der Waals surface area contributed by atoms with Crippen molar-refractivity contribution in [2.24, 2.45) is 0 Å². The maximum absolute atomic E-state index is 12.4. The Morgan fingerprint density at radius 2 is 1.66 bits per heavy atom. The second-order valence-corrected chi connectivity index (χ2v) is 8.39. The number of rotatable bonds is 5. The third kappa shape index (κ3) is 4.36. The van der Waals surface area contributed by atoms with Crippen molar-refractivity contribution in [1.82, 2.24) is 9.38 Å². The Morgan fingerprint density at radius 3 is 2.34 bits per heavy atom. The van der Waals surface area contributed by atoms with E-state index in [1.54, 1.807) is 12.1 Å². The van der Waals surface area contributed by atoms with Gasteiger partial charge in [-0.2, -0.15) is 14.0 Å². The molecular formula is C29H21F2N3O. The van der Waals surface area contributed by atoms with E-state index in [4.69, 9.17) is 4.98 Å². The molecule has 35 heavy (non-hydrogen) atoms. The molecule has 0 aliphatic heterocycles. The molecule has 0 fully saturated rings. The number of nitrogens with zero attached hydrogens (tertiary/aromatic N) is 3. The van der Waals surface area contributed by atoms with Gasteiger partial charge in [0.25, 0.3) is 0 Å². The summed E-state index contributed by atoms with van der Waals surface area (Å²) in [4.78, 5) is 4.79. The summed E-state index contributed by atoms with van der Waals surface area (Å²) in [6.45, 7) is 1.26. The van der Waals surface area contributed by atoms with Gasteiger partial charge < -0.3 is 4.74 Å². The number of halogens is 2. The molecule has 0 bridgehead atoms. The molecule has 5 rings (SSSR count). The van der Waals surface area contributed by atoms with Crippen LogP contribution in [0.4, 0.5) is 8.78 Å². The molecule has 172 valence electrons. The number of nitriles is 1. The average Bonchev–Trinajstić information content (AvgIpc) is 3.21. The van der Waals surface area contributed by atoms with Crippen LogP contribution in [0.1, 0.15) is 27.8 Å². The smallest absolute Gasteiger partial charge is 0.387 e. The summed E-state index contributed by atoms with van der Waals surface area (Å²) in [7, 11) is 0. The molecule has 6 heteroatoms. The van der Waals surface area contributed by atoms with Gasteiger partial charge in [-0.25, -0.2) is 4.98 Å². The molecule has 4 nitrogen and oxygen atoms in total. The fourth-order valence-electron chi connectivity index (χ4n) is 4.38. The topological polar surface area (TPSA) is 50.3 Å². The van der Waals surface area contributed by atoms with Crippen molar-refractivity contribution < 1.29 is 13.5 Å². The molecule has 0 saturated carbocycles. The van der Waals surface area contributed by atoms with Crippen LogP contribution in [0.2, 0.25) is 0 Å². The molecule has 0 saturated heterocycles. The Hall–Kier alpha value is -4.50. The Labute approximate surface area is 201 Å². The molecule has 0 atom stereocenters. The fourth-order valence-corrected chi connectivity index (χ4v) is 4.38. The van der Waals surface area contributed by atoms with Crippen LogP contribution < -0.4 is 4.74 Å². The van der Waals surface area contributed by atoms with Gasteiger partial charge in [0, 0.05) is 0 Å². The zero-order valence-electron chi connectivity index (χ0n) is 19.2. The number of alkyl halides is 2. The van der Waals surface area contributed by atoms with Crippen molar-refractivity contribution in [2.75, 3.05) is 0 Å². The maximum atomic E-state index is 12.4.